The molecule has 0 fully saturated rings. The average molecular weight is 172 g/mol. The number of hydrogen-bond acceptors (Lipinski definition) is 1. The topological polar surface area (TPSA) is 9.23 Å². The van der Waals surface area contributed by atoms with Gasteiger partial charge in [-0.3, -0.25) is 0 Å². The maximum Gasteiger partial charge on any atom is 0.118 e. The first-order chi connectivity index (χ1) is 6.40. The highest BCUT2D eigenvalue weighted by molar-refractivity contribution is 5.37. The summed E-state index contributed by atoms with van der Waals surface area (Å²) in [5, 5.41) is 0. The fourth-order valence-corrected chi connectivity index (χ4v) is 1.48. The van der Waals surface area contributed by atoms with Crippen molar-refractivity contribution in [1.82, 2.24) is 0 Å². The molecular formula is C12H12O. The van der Waals surface area contributed by atoms with Crippen LogP contribution in [0, 0.1) is 0 Å². The Morgan fingerprint density at radius 3 is 2.15 bits per heavy atom. The van der Waals surface area contributed by atoms with Crippen molar-refractivity contribution in [2.24, 2.45) is 0 Å². The molecule has 0 bridgehead atoms. The van der Waals surface area contributed by atoms with Crippen LogP contribution in [0.1, 0.15) is 11.5 Å². The highest BCUT2D eigenvalue weighted by Crippen LogP contribution is 2.24. The van der Waals surface area contributed by atoms with Crippen LogP contribution in [0.4, 0.5) is 0 Å². The van der Waals surface area contributed by atoms with Crippen molar-refractivity contribution in [3.05, 3.63) is 54.1 Å². The molecule has 66 valence electrons. The van der Waals surface area contributed by atoms with E-state index in [2.05, 4.69) is 36.4 Å². The number of ether oxygens (including phenoxy) is 1. The van der Waals surface area contributed by atoms with E-state index in [9.17, 15) is 0 Å². The van der Waals surface area contributed by atoms with Crippen LogP contribution >= 0.6 is 0 Å². The van der Waals surface area contributed by atoms with Gasteiger partial charge in [-0.15, -0.1) is 0 Å². The summed E-state index contributed by atoms with van der Waals surface area (Å²) in [6.45, 7) is 0. The molecule has 1 nitrogen and oxygen atoms in total. The van der Waals surface area contributed by atoms with E-state index in [-0.39, 0.29) is 0 Å². The zero-order valence-electron chi connectivity index (χ0n) is 7.60. The molecule has 0 unspecified atom stereocenters. The summed E-state index contributed by atoms with van der Waals surface area (Å²) >= 11 is 0. The molecule has 0 saturated heterocycles. The van der Waals surface area contributed by atoms with Crippen LogP contribution < -0.4 is 4.74 Å². The highest BCUT2D eigenvalue weighted by Gasteiger charge is 2.05. The molecule has 2 rings (SSSR count). The van der Waals surface area contributed by atoms with Gasteiger partial charge in [0.25, 0.3) is 0 Å². The molecule has 13 heavy (non-hydrogen) atoms. The molecule has 0 N–H and O–H groups in total. The Labute approximate surface area is 78.3 Å². The molecule has 0 aliphatic heterocycles. The van der Waals surface area contributed by atoms with Crippen molar-refractivity contribution in [2.45, 2.75) is 5.92 Å². The van der Waals surface area contributed by atoms with E-state index < -0.39 is 0 Å². The van der Waals surface area contributed by atoms with Crippen molar-refractivity contribution in [2.75, 3.05) is 7.11 Å². The van der Waals surface area contributed by atoms with Crippen molar-refractivity contribution in [3.63, 3.8) is 0 Å². The van der Waals surface area contributed by atoms with Gasteiger partial charge < -0.3 is 4.74 Å². The minimum atomic E-state index is 0.450. The number of hydrogen-bond donors (Lipinski definition) is 0. The van der Waals surface area contributed by atoms with E-state index in [1.165, 1.54) is 5.56 Å². The quantitative estimate of drug-likeness (QED) is 0.666. The van der Waals surface area contributed by atoms with Gasteiger partial charge in [-0.25, -0.2) is 0 Å². The standard InChI is InChI=1S/C12H12O/c1-13-12-8-6-11(7-9-12)10-4-2-3-5-10/h2-10H,1H3. The minimum Gasteiger partial charge on any atom is -0.497 e. The first kappa shape index (κ1) is 8.11. The molecule has 1 aromatic rings. The zero-order valence-corrected chi connectivity index (χ0v) is 7.60. The Balaban J connectivity index is 2.22. The molecule has 1 aromatic carbocycles. The fourth-order valence-electron chi connectivity index (χ4n) is 1.48. The first-order valence-corrected chi connectivity index (χ1v) is 4.39. The van der Waals surface area contributed by atoms with Crippen LogP contribution in [-0.2, 0) is 0 Å². The predicted octanol–water partition coefficient (Wildman–Crippen LogP) is 2.90. The average Bonchev–Trinajstić information content (AvgIpc) is 2.71. The molecule has 0 aromatic heterocycles. The van der Waals surface area contributed by atoms with Gasteiger partial charge in [-0.1, -0.05) is 36.4 Å². The minimum absolute atomic E-state index is 0.450. The molecule has 1 heteroatoms. The maximum absolute atomic E-state index is 5.10. The second-order valence-corrected chi connectivity index (χ2v) is 3.07. The van der Waals surface area contributed by atoms with Gasteiger partial charge in [0.15, 0.2) is 0 Å². The lowest BCUT2D eigenvalue weighted by Gasteiger charge is -2.06. The lowest BCUT2D eigenvalue weighted by molar-refractivity contribution is 0.414. The largest absolute Gasteiger partial charge is 0.497 e. The Kier molecular flexibility index (Phi) is 2.17. The second-order valence-electron chi connectivity index (χ2n) is 3.07. The zero-order chi connectivity index (χ0) is 9.10. The van der Waals surface area contributed by atoms with Gasteiger partial charge in [0.2, 0.25) is 0 Å². The van der Waals surface area contributed by atoms with Gasteiger partial charge in [0.05, 0.1) is 7.11 Å². The van der Waals surface area contributed by atoms with Crippen LogP contribution in [0.15, 0.2) is 48.6 Å². The summed E-state index contributed by atoms with van der Waals surface area (Å²) in [6, 6.07) is 8.19. The van der Waals surface area contributed by atoms with E-state index in [1.807, 2.05) is 12.1 Å². The van der Waals surface area contributed by atoms with Gasteiger partial charge in [-0.05, 0) is 17.7 Å². The fraction of sp³-hybridized carbons (Fsp3) is 0.167. The smallest absolute Gasteiger partial charge is 0.118 e. The molecule has 1 aliphatic carbocycles. The van der Waals surface area contributed by atoms with Crippen molar-refractivity contribution < 1.29 is 4.74 Å². The summed E-state index contributed by atoms with van der Waals surface area (Å²) < 4.78 is 5.10. The Morgan fingerprint density at radius 2 is 1.62 bits per heavy atom. The monoisotopic (exact) mass is 172 g/mol. The van der Waals surface area contributed by atoms with E-state index >= 15 is 0 Å². The molecule has 0 atom stereocenters. The normalized spacial score (nSPS) is 15.2. The lowest BCUT2D eigenvalue weighted by atomic mass is 10.0. The van der Waals surface area contributed by atoms with Crippen LogP contribution in [0.25, 0.3) is 0 Å². The van der Waals surface area contributed by atoms with Crippen LogP contribution in [-0.4, -0.2) is 7.11 Å². The Bertz CT molecular complexity index is 321. The van der Waals surface area contributed by atoms with Crippen molar-refractivity contribution in [1.29, 1.82) is 0 Å². The maximum atomic E-state index is 5.10. The molecule has 0 amide bonds. The SMILES string of the molecule is COc1ccc(C2C=CC=C2)cc1. The van der Waals surface area contributed by atoms with E-state index in [0.717, 1.165) is 5.75 Å². The van der Waals surface area contributed by atoms with Gasteiger partial charge in [-0.2, -0.15) is 0 Å². The molecular weight excluding hydrogens is 160 g/mol. The molecule has 0 spiro atoms. The summed E-state index contributed by atoms with van der Waals surface area (Å²) in [5.41, 5.74) is 1.31. The number of allylic oxidation sites excluding steroid dienone is 4. The Hall–Kier alpha value is -1.50. The molecule has 1 aliphatic rings. The van der Waals surface area contributed by atoms with Gasteiger partial charge in [0.1, 0.15) is 5.75 Å². The summed E-state index contributed by atoms with van der Waals surface area (Å²) in [7, 11) is 1.68. The first-order valence-electron chi connectivity index (χ1n) is 4.39. The van der Waals surface area contributed by atoms with Crippen molar-refractivity contribution >= 4 is 0 Å². The number of benzene rings is 1. The van der Waals surface area contributed by atoms with E-state index in [4.69, 9.17) is 4.74 Å². The van der Waals surface area contributed by atoms with Crippen LogP contribution in [0.5, 0.6) is 5.75 Å². The summed E-state index contributed by atoms with van der Waals surface area (Å²) in [4.78, 5) is 0. The molecule has 0 saturated carbocycles. The second kappa shape index (κ2) is 3.48. The molecule has 0 radical (unpaired) electrons. The van der Waals surface area contributed by atoms with E-state index in [1.54, 1.807) is 7.11 Å². The van der Waals surface area contributed by atoms with Gasteiger partial charge >= 0.3 is 0 Å². The summed E-state index contributed by atoms with van der Waals surface area (Å²) in [6.07, 6.45) is 8.52. The number of rotatable bonds is 2. The predicted molar refractivity (Wildman–Crippen MR) is 54.0 cm³/mol. The third-order valence-corrected chi connectivity index (χ3v) is 2.25. The highest BCUT2D eigenvalue weighted by atomic mass is 16.5. The van der Waals surface area contributed by atoms with Crippen LogP contribution in [0.3, 0.4) is 0 Å². The number of methoxy groups -OCH3 is 1. The Morgan fingerprint density at radius 1 is 1.00 bits per heavy atom. The third-order valence-electron chi connectivity index (χ3n) is 2.25. The van der Waals surface area contributed by atoms with E-state index in [0.29, 0.717) is 5.92 Å². The third kappa shape index (κ3) is 1.64. The van der Waals surface area contributed by atoms with Crippen LogP contribution in [0.2, 0.25) is 0 Å². The lowest BCUT2D eigenvalue weighted by Crippen LogP contribution is -1.89. The van der Waals surface area contributed by atoms with Crippen molar-refractivity contribution in [3.8, 4) is 5.75 Å². The molecule has 0 heterocycles. The summed E-state index contributed by atoms with van der Waals surface area (Å²) in [5.74, 6) is 1.36. The van der Waals surface area contributed by atoms with Gasteiger partial charge in [0, 0.05) is 5.92 Å².